The van der Waals surface area contributed by atoms with Gasteiger partial charge in [-0.25, -0.2) is 15.0 Å². The Morgan fingerprint density at radius 1 is 0.217 bits per heavy atom. The summed E-state index contributed by atoms with van der Waals surface area (Å²) in [6, 6.07) is 79.4. The molecule has 0 unspecified atom stereocenters. The van der Waals surface area contributed by atoms with Gasteiger partial charge in [-0.3, -0.25) is 0 Å². The molecule has 0 atom stereocenters. The minimum Gasteiger partial charge on any atom is -0.208 e. The molecular formula is C57H37N3. The summed E-state index contributed by atoms with van der Waals surface area (Å²) in [5, 5.41) is 7.38. The molecule has 0 aliphatic carbocycles. The lowest BCUT2D eigenvalue weighted by molar-refractivity contribution is 1.07. The van der Waals surface area contributed by atoms with Crippen molar-refractivity contribution < 1.29 is 0 Å². The van der Waals surface area contributed by atoms with Gasteiger partial charge in [0, 0.05) is 16.7 Å². The lowest BCUT2D eigenvalue weighted by atomic mass is 9.84. The van der Waals surface area contributed by atoms with Crippen LogP contribution in [0, 0.1) is 0 Å². The highest BCUT2D eigenvalue weighted by Crippen LogP contribution is 2.46. The number of hydrogen-bond acceptors (Lipinski definition) is 3. The number of aromatic nitrogens is 3. The van der Waals surface area contributed by atoms with Crippen LogP contribution >= 0.6 is 0 Å². The molecule has 0 N–H and O–H groups in total. The quantitative estimate of drug-likeness (QED) is 0.120. The molecule has 60 heavy (non-hydrogen) atoms. The molecule has 0 amide bonds. The summed E-state index contributed by atoms with van der Waals surface area (Å²) in [6.45, 7) is 0. The third-order valence-corrected chi connectivity index (χ3v) is 11.5. The molecule has 1 aromatic heterocycles. The zero-order valence-electron chi connectivity index (χ0n) is 32.7. The monoisotopic (exact) mass is 763 g/mol. The smallest absolute Gasteiger partial charge is 0.164 e. The molecule has 0 radical (unpaired) electrons. The van der Waals surface area contributed by atoms with Gasteiger partial charge >= 0.3 is 0 Å². The van der Waals surface area contributed by atoms with Crippen LogP contribution in [0.3, 0.4) is 0 Å². The Balaban J connectivity index is 1.09. The minimum absolute atomic E-state index is 0.621. The fraction of sp³-hybridized carbons (Fsp3) is 0. The van der Waals surface area contributed by atoms with E-state index in [9.17, 15) is 0 Å². The molecule has 0 spiro atoms. The molecule has 11 aromatic rings. The van der Waals surface area contributed by atoms with Gasteiger partial charge in [-0.15, -0.1) is 0 Å². The zero-order valence-corrected chi connectivity index (χ0v) is 32.7. The highest BCUT2D eigenvalue weighted by Gasteiger charge is 2.20. The number of fused-ring (bicyclic) bond motifs is 4. The normalized spacial score (nSPS) is 11.3. The first-order valence-corrected chi connectivity index (χ1v) is 20.4. The van der Waals surface area contributed by atoms with E-state index in [1.54, 1.807) is 0 Å². The van der Waals surface area contributed by atoms with Gasteiger partial charge in [-0.1, -0.05) is 224 Å². The highest BCUT2D eigenvalue weighted by atomic mass is 15.0. The summed E-state index contributed by atoms with van der Waals surface area (Å²) in [7, 11) is 0. The summed E-state index contributed by atoms with van der Waals surface area (Å²) in [6.07, 6.45) is 0. The summed E-state index contributed by atoms with van der Waals surface area (Å²) >= 11 is 0. The topological polar surface area (TPSA) is 38.7 Å². The maximum absolute atomic E-state index is 5.22. The second kappa shape index (κ2) is 15.1. The van der Waals surface area contributed by atoms with Crippen LogP contribution in [-0.4, -0.2) is 15.0 Å². The van der Waals surface area contributed by atoms with Gasteiger partial charge in [0.25, 0.3) is 0 Å². The number of hydrogen-bond donors (Lipinski definition) is 0. The fourth-order valence-corrected chi connectivity index (χ4v) is 8.69. The van der Waals surface area contributed by atoms with Crippen LogP contribution in [0.4, 0.5) is 0 Å². The van der Waals surface area contributed by atoms with Crippen molar-refractivity contribution in [2.45, 2.75) is 0 Å². The number of rotatable bonds is 7. The van der Waals surface area contributed by atoms with Crippen molar-refractivity contribution in [3.05, 3.63) is 224 Å². The third kappa shape index (κ3) is 6.30. The van der Waals surface area contributed by atoms with Crippen LogP contribution in [-0.2, 0) is 0 Å². The van der Waals surface area contributed by atoms with Gasteiger partial charge in [-0.2, -0.15) is 0 Å². The summed E-state index contributed by atoms with van der Waals surface area (Å²) in [5.41, 5.74) is 12.1. The average Bonchev–Trinajstić information content (AvgIpc) is 3.34. The lowest BCUT2D eigenvalue weighted by Gasteiger charge is -2.19. The average molecular weight is 764 g/mol. The first kappa shape index (κ1) is 35.2. The van der Waals surface area contributed by atoms with E-state index in [-0.39, 0.29) is 0 Å². The molecular weight excluding hydrogens is 727 g/mol. The zero-order chi connectivity index (χ0) is 39.8. The molecule has 280 valence electrons. The van der Waals surface area contributed by atoms with E-state index in [0.29, 0.717) is 17.5 Å². The number of benzene rings is 10. The Bertz CT molecular complexity index is 3320. The molecule has 0 bridgehead atoms. The van der Waals surface area contributed by atoms with Gasteiger partial charge in [-0.05, 0) is 76.8 Å². The molecule has 0 aliphatic heterocycles. The largest absolute Gasteiger partial charge is 0.208 e. The van der Waals surface area contributed by atoms with Crippen LogP contribution < -0.4 is 0 Å². The van der Waals surface area contributed by atoms with Crippen molar-refractivity contribution in [2.75, 3.05) is 0 Å². The second-order valence-electron chi connectivity index (χ2n) is 15.1. The van der Waals surface area contributed by atoms with Gasteiger partial charge in [0.15, 0.2) is 17.5 Å². The van der Waals surface area contributed by atoms with Crippen molar-refractivity contribution in [3.63, 3.8) is 0 Å². The molecule has 0 aliphatic rings. The van der Waals surface area contributed by atoms with Crippen molar-refractivity contribution >= 4 is 32.3 Å². The maximum atomic E-state index is 5.22. The molecule has 0 saturated heterocycles. The van der Waals surface area contributed by atoms with E-state index in [1.807, 2.05) is 12.1 Å². The van der Waals surface area contributed by atoms with Crippen LogP contribution in [0.1, 0.15) is 0 Å². The van der Waals surface area contributed by atoms with E-state index in [4.69, 9.17) is 15.0 Å². The van der Waals surface area contributed by atoms with Crippen molar-refractivity contribution in [1.82, 2.24) is 15.0 Å². The van der Waals surface area contributed by atoms with Crippen molar-refractivity contribution in [2.24, 2.45) is 0 Å². The van der Waals surface area contributed by atoms with Gasteiger partial charge < -0.3 is 0 Å². The Kier molecular flexibility index (Phi) is 8.83. The molecule has 3 nitrogen and oxygen atoms in total. The van der Waals surface area contributed by atoms with Crippen LogP contribution in [0.2, 0.25) is 0 Å². The first-order chi connectivity index (χ1) is 29.8. The van der Waals surface area contributed by atoms with Crippen molar-refractivity contribution in [1.29, 1.82) is 0 Å². The molecule has 11 rings (SSSR count). The highest BCUT2D eigenvalue weighted by molar-refractivity contribution is 6.27. The van der Waals surface area contributed by atoms with E-state index < -0.39 is 0 Å². The maximum Gasteiger partial charge on any atom is 0.164 e. The third-order valence-electron chi connectivity index (χ3n) is 11.5. The fourth-order valence-electron chi connectivity index (χ4n) is 8.69. The first-order valence-electron chi connectivity index (χ1n) is 20.4. The van der Waals surface area contributed by atoms with Gasteiger partial charge in [0.2, 0.25) is 0 Å². The van der Waals surface area contributed by atoms with Gasteiger partial charge in [0.05, 0.1) is 0 Å². The Labute approximate surface area is 349 Å². The number of nitrogens with zero attached hydrogens (tertiary/aromatic N) is 3. The summed E-state index contributed by atoms with van der Waals surface area (Å²) in [5.74, 6) is 1.88. The van der Waals surface area contributed by atoms with Gasteiger partial charge in [0.1, 0.15) is 0 Å². The second-order valence-corrected chi connectivity index (χ2v) is 15.1. The standard InChI is InChI=1S/C57H37N3/c1-4-16-38(17-5-1)39-28-32-44(33-29-39)55-58-56(60-57(59-55)50-27-15-12-23-46(50)40-18-6-2-7-19-40)45-34-30-43(31-35-45)53-49-26-14-13-25-48(49)52(42-21-8-3-9-22-42)51-37-36-41-20-10-11-24-47(41)54(51)53/h1-37H. The predicted octanol–water partition coefficient (Wildman–Crippen LogP) is 15.0. The summed E-state index contributed by atoms with van der Waals surface area (Å²) in [4.78, 5) is 15.5. The van der Waals surface area contributed by atoms with Crippen molar-refractivity contribution in [3.8, 4) is 78.7 Å². The van der Waals surface area contributed by atoms with E-state index in [1.165, 1.54) is 54.6 Å². The Morgan fingerprint density at radius 3 is 1.27 bits per heavy atom. The molecule has 0 fully saturated rings. The SMILES string of the molecule is c1ccc(-c2ccc(-c3nc(-c4ccc(-c5c6ccccc6c(-c6ccccc6)c6ccc7ccccc7c56)cc4)nc(-c4ccccc4-c4ccccc4)n3)cc2)cc1. The van der Waals surface area contributed by atoms with E-state index >= 15 is 0 Å². The molecule has 1 heterocycles. The lowest BCUT2D eigenvalue weighted by Crippen LogP contribution is -2.01. The van der Waals surface area contributed by atoms with E-state index in [0.717, 1.165) is 38.9 Å². The Morgan fingerprint density at radius 2 is 0.633 bits per heavy atom. The molecule has 10 aromatic carbocycles. The van der Waals surface area contributed by atoms with Crippen LogP contribution in [0.5, 0.6) is 0 Å². The van der Waals surface area contributed by atoms with Crippen LogP contribution in [0.25, 0.3) is 111 Å². The van der Waals surface area contributed by atoms with E-state index in [2.05, 4.69) is 212 Å². The summed E-state index contributed by atoms with van der Waals surface area (Å²) < 4.78 is 0. The molecule has 3 heteroatoms. The van der Waals surface area contributed by atoms with Crippen LogP contribution in [0.15, 0.2) is 224 Å². The Hall–Kier alpha value is -8.01. The molecule has 0 saturated carbocycles. The predicted molar refractivity (Wildman–Crippen MR) is 250 cm³/mol. The minimum atomic E-state index is 0.621.